The summed E-state index contributed by atoms with van der Waals surface area (Å²) in [5.41, 5.74) is 4.01. The van der Waals surface area contributed by atoms with Gasteiger partial charge in [0.2, 0.25) is 0 Å². The third kappa shape index (κ3) is 6.00. The Morgan fingerprint density at radius 1 is 0.833 bits per heavy atom. The van der Waals surface area contributed by atoms with Gasteiger partial charge in [-0.1, -0.05) is 79.7 Å². The van der Waals surface area contributed by atoms with Crippen LogP contribution in [0.5, 0.6) is 0 Å². The lowest BCUT2D eigenvalue weighted by Crippen LogP contribution is -2.01. The minimum Gasteiger partial charge on any atom is -0.206 e. The van der Waals surface area contributed by atoms with Crippen molar-refractivity contribution in [3.63, 3.8) is 0 Å². The molecule has 0 saturated carbocycles. The predicted octanol–water partition coefficient (Wildman–Crippen LogP) is 7.99. The van der Waals surface area contributed by atoms with Crippen molar-refractivity contribution in [3.05, 3.63) is 118 Å². The van der Waals surface area contributed by atoms with E-state index in [4.69, 9.17) is 0 Å². The second-order valence-corrected chi connectivity index (χ2v) is 7.67. The van der Waals surface area contributed by atoms with E-state index in [0.717, 1.165) is 24.0 Å². The molecule has 0 unspecified atom stereocenters. The molecule has 30 heavy (non-hydrogen) atoms. The van der Waals surface area contributed by atoms with E-state index in [0.29, 0.717) is 12.0 Å². The molecule has 1 atom stereocenters. The molecule has 0 fully saturated rings. The maximum Gasteiger partial charge on any atom is 0.133 e. The largest absolute Gasteiger partial charge is 0.206 e. The second kappa shape index (κ2) is 10.7. The Bertz CT molecular complexity index is 976. The van der Waals surface area contributed by atoms with Gasteiger partial charge < -0.3 is 0 Å². The number of aryl methyl sites for hydroxylation is 1. The fourth-order valence-corrected chi connectivity index (χ4v) is 3.56. The Morgan fingerprint density at radius 2 is 1.50 bits per heavy atom. The minimum absolute atomic E-state index is 0.00303. The standard InChI is InChI=1S/C28H28F2/c1-3-4-6-9-22-12-14-23(15-13-22)16-17-26-27(29)19-24(20-28(26)30)18-21(2)25-10-7-5-8-11-25/h3-5,7-8,10-17,19-21H,6,9,18H2,1-2H3/b4-3+,17-16?/t21-/m1/s1. The Hall–Kier alpha value is -3.00. The first-order chi connectivity index (χ1) is 14.6. The Balaban J connectivity index is 1.69. The van der Waals surface area contributed by atoms with E-state index < -0.39 is 11.6 Å². The first-order valence-corrected chi connectivity index (χ1v) is 10.5. The zero-order valence-electron chi connectivity index (χ0n) is 17.6. The maximum atomic E-state index is 14.6. The summed E-state index contributed by atoms with van der Waals surface area (Å²) >= 11 is 0. The van der Waals surface area contributed by atoms with Gasteiger partial charge in [0.15, 0.2) is 0 Å². The van der Waals surface area contributed by atoms with Gasteiger partial charge in [0, 0.05) is 5.56 Å². The molecule has 0 amide bonds. The van der Waals surface area contributed by atoms with Gasteiger partial charge in [-0.3, -0.25) is 0 Å². The van der Waals surface area contributed by atoms with Crippen LogP contribution in [0.4, 0.5) is 8.78 Å². The van der Waals surface area contributed by atoms with Gasteiger partial charge >= 0.3 is 0 Å². The molecule has 0 radical (unpaired) electrons. The van der Waals surface area contributed by atoms with Crippen LogP contribution in [0.2, 0.25) is 0 Å². The molecule has 0 N–H and O–H groups in total. The highest BCUT2D eigenvalue weighted by molar-refractivity contribution is 5.70. The zero-order valence-corrected chi connectivity index (χ0v) is 17.6. The van der Waals surface area contributed by atoms with Crippen molar-refractivity contribution in [1.29, 1.82) is 0 Å². The molecule has 0 bridgehead atoms. The average Bonchev–Trinajstić information content (AvgIpc) is 2.75. The second-order valence-electron chi connectivity index (χ2n) is 7.67. The summed E-state index contributed by atoms with van der Waals surface area (Å²) in [5, 5.41) is 0. The molecular formula is C28H28F2. The molecule has 2 heteroatoms. The van der Waals surface area contributed by atoms with Crippen LogP contribution in [0.15, 0.2) is 78.9 Å². The highest BCUT2D eigenvalue weighted by Gasteiger charge is 2.12. The molecule has 3 aromatic rings. The van der Waals surface area contributed by atoms with Crippen LogP contribution in [-0.2, 0) is 12.8 Å². The van der Waals surface area contributed by atoms with Gasteiger partial charge in [-0.2, -0.15) is 0 Å². The molecule has 154 valence electrons. The number of halogens is 2. The average molecular weight is 403 g/mol. The highest BCUT2D eigenvalue weighted by atomic mass is 19.1. The van der Waals surface area contributed by atoms with E-state index in [1.807, 2.05) is 55.5 Å². The molecule has 0 aliphatic heterocycles. The lowest BCUT2D eigenvalue weighted by Gasteiger charge is -2.13. The monoisotopic (exact) mass is 402 g/mol. The van der Waals surface area contributed by atoms with Crippen molar-refractivity contribution in [2.45, 2.75) is 39.0 Å². The van der Waals surface area contributed by atoms with Crippen molar-refractivity contribution < 1.29 is 8.78 Å². The van der Waals surface area contributed by atoms with Crippen molar-refractivity contribution in [1.82, 2.24) is 0 Å². The van der Waals surface area contributed by atoms with Crippen molar-refractivity contribution in [3.8, 4) is 0 Å². The predicted molar refractivity (Wildman–Crippen MR) is 123 cm³/mol. The van der Waals surface area contributed by atoms with Crippen LogP contribution < -0.4 is 0 Å². The summed E-state index contributed by atoms with van der Waals surface area (Å²) in [4.78, 5) is 0. The quantitative estimate of drug-likeness (QED) is 0.264. The Labute approximate surface area is 178 Å². The first kappa shape index (κ1) is 21.7. The van der Waals surface area contributed by atoms with Gasteiger partial charge in [0.05, 0.1) is 0 Å². The molecule has 0 heterocycles. The minimum atomic E-state index is -0.524. The lowest BCUT2D eigenvalue weighted by atomic mass is 9.93. The first-order valence-electron chi connectivity index (χ1n) is 10.5. The smallest absolute Gasteiger partial charge is 0.133 e. The van der Waals surface area contributed by atoms with E-state index in [9.17, 15) is 8.78 Å². The van der Waals surface area contributed by atoms with E-state index in [1.54, 1.807) is 6.08 Å². The topological polar surface area (TPSA) is 0 Å². The maximum absolute atomic E-state index is 14.6. The zero-order chi connectivity index (χ0) is 21.3. The van der Waals surface area contributed by atoms with E-state index >= 15 is 0 Å². The third-order valence-corrected chi connectivity index (χ3v) is 5.31. The fourth-order valence-electron chi connectivity index (χ4n) is 3.56. The number of allylic oxidation sites excluding steroid dienone is 2. The third-order valence-electron chi connectivity index (χ3n) is 5.31. The summed E-state index contributed by atoms with van der Waals surface area (Å²) in [6, 6.07) is 21.0. The van der Waals surface area contributed by atoms with Crippen molar-refractivity contribution >= 4 is 12.2 Å². The molecule has 0 nitrogen and oxygen atoms in total. The van der Waals surface area contributed by atoms with Crippen LogP contribution in [-0.4, -0.2) is 0 Å². The molecule has 0 saturated heterocycles. The van der Waals surface area contributed by atoms with Crippen molar-refractivity contribution in [2.24, 2.45) is 0 Å². The molecule has 0 aliphatic carbocycles. The summed E-state index contributed by atoms with van der Waals surface area (Å²) in [7, 11) is 0. The van der Waals surface area contributed by atoms with Gasteiger partial charge in [-0.25, -0.2) is 8.78 Å². The van der Waals surface area contributed by atoms with Crippen LogP contribution in [0.1, 0.15) is 54.0 Å². The van der Waals surface area contributed by atoms with Gasteiger partial charge in [0.25, 0.3) is 0 Å². The fraction of sp³-hybridized carbons (Fsp3) is 0.214. The SMILES string of the molecule is C/C=C/CCc1ccc(C=Cc2c(F)cc(C[C@@H](C)c3ccccc3)cc2F)cc1. The molecule has 0 spiro atoms. The summed E-state index contributed by atoms with van der Waals surface area (Å²) in [6.45, 7) is 4.09. The molecule has 3 aromatic carbocycles. The summed E-state index contributed by atoms with van der Waals surface area (Å²) < 4.78 is 29.2. The number of benzene rings is 3. The highest BCUT2D eigenvalue weighted by Crippen LogP contribution is 2.24. The summed E-state index contributed by atoms with van der Waals surface area (Å²) in [6.07, 6.45) is 10.1. The van der Waals surface area contributed by atoms with E-state index in [1.165, 1.54) is 23.8 Å². The van der Waals surface area contributed by atoms with Crippen LogP contribution in [0.25, 0.3) is 12.2 Å². The number of hydrogen-bond acceptors (Lipinski definition) is 0. The molecule has 0 aliphatic rings. The van der Waals surface area contributed by atoms with Crippen LogP contribution in [0, 0.1) is 11.6 Å². The Kier molecular flexibility index (Phi) is 7.73. The van der Waals surface area contributed by atoms with Crippen LogP contribution >= 0.6 is 0 Å². The van der Waals surface area contributed by atoms with Gasteiger partial charge in [-0.15, -0.1) is 0 Å². The molecular weight excluding hydrogens is 374 g/mol. The van der Waals surface area contributed by atoms with E-state index in [-0.39, 0.29) is 11.5 Å². The number of hydrogen-bond donors (Lipinski definition) is 0. The lowest BCUT2D eigenvalue weighted by molar-refractivity contribution is 0.573. The number of rotatable bonds is 8. The van der Waals surface area contributed by atoms with Gasteiger partial charge in [-0.05, 0) is 72.6 Å². The molecule has 0 aromatic heterocycles. The van der Waals surface area contributed by atoms with Gasteiger partial charge in [0.1, 0.15) is 11.6 Å². The van der Waals surface area contributed by atoms with Crippen molar-refractivity contribution in [2.75, 3.05) is 0 Å². The Morgan fingerprint density at radius 3 is 2.13 bits per heavy atom. The van der Waals surface area contributed by atoms with E-state index in [2.05, 4.69) is 25.1 Å². The normalized spacial score (nSPS) is 12.7. The molecule has 3 rings (SSSR count). The summed E-state index contributed by atoms with van der Waals surface area (Å²) in [5.74, 6) is -0.855. The van der Waals surface area contributed by atoms with Crippen LogP contribution in [0.3, 0.4) is 0 Å².